The Balaban J connectivity index is 1.47. The Morgan fingerprint density at radius 2 is 1.69 bits per heavy atom. The molecule has 1 aliphatic heterocycles. The molecular weight excluding hydrogens is 467 g/mol. The van der Waals surface area contributed by atoms with Crippen molar-refractivity contribution in [3.05, 3.63) is 55.8 Å². The number of halogens is 1. The van der Waals surface area contributed by atoms with E-state index >= 15 is 0 Å². The second-order valence-electron chi connectivity index (χ2n) is 5.71. The number of amides is 2. The predicted molar refractivity (Wildman–Crippen MR) is 106 cm³/mol. The minimum absolute atomic E-state index is 0.00261. The largest absolute Gasteiger partial charge is 0.452 e. The van der Waals surface area contributed by atoms with Crippen molar-refractivity contribution >= 4 is 51.7 Å². The second-order valence-corrected chi connectivity index (χ2v) is 7.82. The molecule has 2 amide bonds. The van der Waals surface area contributed by atoms with Gasteiger partial charge < -0.3 is 14.5 Å². The van der Waals surface area contributed by atoms with E-state index in [4.69, 9.17) is 4.74 Å². The van der Waals surface area contributed by atoms with Crippen LogP contribution in [0.1, 0.15) is 20.0 Å². The van der Waals surface area contributed by atoms with Crippen LogP contribution in [0.15, 0.2) is 41.8 Å². The third kappa shape index (κ3) is 4.42. The average Bonchev–Trinajstić information content (AvgIpc) is 3.20. The Labute approximate surface area is 168 Å². The maximum Gasteiger partial charge on any atom is 0.339 e. The number of rotatable bonds is 4. The number of carbonyl (C=O) groups excluding carboxylic acids is 3. The maximum absolute atomic E-state index is 12.3. The fourth-order valence-corrected chi connectivity index (χ4v) is 3.94. The first-order valence-corrected chi connectivity index (χ1v) is 10.0. The molecule has 0 radical (unpaired) electrons. The van der Waals surface area contributed by atoms with Crippen LogP contribution in [0.5, 0.6) is 0 Å². The highest BCUT2D eigenvalue weighted by Gasteiger charge is 2.26. The molecule has 8 heteroatoms. The lowest BCUT2D eigenvalue weighted by Crippen LogP contribution is -2.51. The van der Waals surface area contributed by atoms with E-state index in [-0.39, 0.29) is 18.4 Å². The molecule has 2 aromatic rings. The first-order valence-electron chi connectivity index (χ1n) is 8.08. The summed E-state index contributed by atoms with van der Waals surface area (Å²) in [5.74, 6) is -0.750. The number of benzene rings is 1. The molecule has 1 aliphatic rings. The summed E-state index contributed by atoms with van der Waals surface area (Å²) in [5, 5.41) is 1.87. The van der Waals surface area contributed by atoms with Gasteiger partial charge >= 0.3 is 5.97 Å². The van der Waals surface area contributed by atoms with E-state index in [9.17, 15) is 14.4 Å². The molecule has 1 aromatic heterocycles. The summed E-state index contributed by atoms with van der Waals surface area (Å²) in [6.45, 7) is 1.55. The molecule has 1 fully saturated rings. The molecule has 0 aliphatic carbocycles. The van der Waals surface area contributed by atoms with E-state index in [1.165, 1.54) is 11.3 Å². The van der Waals surface area contributed by atoms with Crippen molar-refractivity contribution < 1.29 is 19.1 Å². The predicted octanol–water partition coefficient (Wildman–Crippen LogP) is 2.49. The van der Waals surface area contributed by atoms with Gasteiger partial charge in [-0.3, -0.25) is 9.59 Å². The number of nitrogens with zero attached hydrogens (tertiary/aromatic N) is 2. The molecule has 0 spiro atoms. The van der Waals surface area contributed by atoms with E-state index in [1.54, 1.807) is 28.0 Å². The van der Waals surface area contributed by atoms with Gasteiger partial charge in [0, 0.05) is 29.7 Å². The van der Waals surface area contributed by atoms with Crippen LogP contribution < -0.4 is 0 Å². The van der Waals surface area contributed by atoms with Gasteiger partial charge in [0.25, 0.3) is 11.8 Å². The van der Waals surface area contributed by atoms with Gasteiger partial charge in [-0.2, -0.15) is 0 Å². The SMILES string of the molecule is O=C(OCC(=O)N1CCN(C(=O)c2cccs2)CC1)c1ccccc1I. The third-order valence-electron chi connectivity index (χ3n) is 4.07. The normalized spacial score (nSPS) is 14.2. The number of ether oxygens (including phenoxy) is 1. The summed E-state index contributed by atoms with van der Waals surface area (Å²) in [7, 11) is 0. The molecule has 2 heterocycles. The number of carbonyl (C=O) groups is 3. The van der Waals surface area contributed by atoms with Crippen molar-refractivity contribution in [1.29, 1.82) is 0 Å². The highest BCUT2D eigenvalue weighted by molar-refractivity contribution is 14.1. The van der Waals surface area contributed by atoms with E-state index in [0.717, 1.165) is 3.57 Å². The van der Waals surface area contributed by atoms with Crippen LogP contribution in [0, 0.1) is 3.57 Å². The zero-order valence-electron chi connectivity index (χ0n) is 13.9. The molecule has 0 unspecified atom stereocenters. The summed E-state index contributed by atoms with van der Waals surface area (Å²) in [6, 6.07) is 10.7. The van der Waals surface area contributed by atoms with Crippen LogP contribution in [-0.4, -0.2) is 60.4 Å². The van der Waals surface area contributed by atoms with Gasteiger partial charge in [0.1, 0.15) is 0 Å². The Morgan fingerprint density at radius 3 is 2.35 bits per heavy atom. The van der Waals surface area contributed by atoms with Gasteiger partial charge in [-0.25, -0.2) is 4.79 Å². The molecule has 136 valence electrons. The van der Waals surface area contributed by atoms with Crippen molar-refractivity contribution in [2.45, 2.75) is 0 Å². The van der Waals surface area contributed by atoms with Gasteiger partial charge in [-0.1, -0.05) is 18.2 Å². The summed E-state index contributed by atoms with van der Waals surface area (Å²) in [6.07, 6.45) is 0. The molecule has 6 nitrogen and oxygen atoms in total. The van der Waals surface area contributed by atoms with Crippen molar-refractivity contribution in [3.8, 4) is 0 Å². The molecule has 3 rings (SSSR count). The van der Waals surface area contributed by atoms with Gasteiger partial charge in [-0.15, -0.1) is 11.3 Å². The zero-order chi connectivity index (χ0) is 18.5. The molecular formula is C18H17IN2O4S. The smallest absolute Gasteiger partial charge is 0.339 e. The lowest BCUT2D eigenvalue weighted by molar-refractivity contribution is -0.136. The summed E-state index contributed by atoms with van der Waals surface area (Å²) in [5.41, 5.74) is 0.451. The number of hydrogen-bond acceptors (Lipinski definition) is 5. The minimum atomic E-state index is -0.505. The molecule has 0 saturated carbocycles. The van der Waals surface area contributed by atoms with Gasteiger partial charge in [0.2, 0.25) is 0 Å². The first-order chi connectivity index (χ1) is 12.6. The number of esters is 1. The Bertz CT molecular complexity index is 801. The Kier molecular flexibility index (Phi) is 6.25. The highest BCUT2D eigenvalue weighted by Crippen LogP contribution is 2.15. The molecule has 0 bridgehead atoms. The van der Waals surface area contributed by atoms with Crippen molar-refractivity contribution in [2.24, 2.45) is 0 Å². The van der Waals surface area contributed by atoms with Gasteiger partial charge in [0.15, 0.2) is 6.61 Å². The fraction of sp³-hybridized carbons (Fsp3) is 0.278. The zero-order valence-corrected chi connectivity index (χ0v) is 16.9. The van der Waals surface area contributed by atoms with Gasteiger partial charge in [0.05, 0.1) is 10.4 Å². The Hall–Kier alpha value is -1.94. The highest BCUT2D eigenvalue weighted by atomic mass is 127. The van der Waals surface area contributed by atoms with Crippen LogP contribution in [0.3, 0.4) is 0 Å². The summed E-state index contributed by atoms with van der Waals surface area (Å²) >= 11 is 3.47. The van der Waals surface area contributed by atoms with Crippen LogP contribution in [0.2, 0.25) is 0 Å². The molecule has 1 saturated heterocycles. The van der Waals surface area contributed by atoms with Crippen LogP contribution in [-0.2, 0) is 9.53 Å². The van der Waals surface area contributed by atoms with Crippen molar-refractivity contribution in [3.63, 3.8) is 0 Å². The number of hydrogen-bond donors (Lipinski definition) is 0. The number of piperazine rings is 1. The quantitative estimate of drug-likeness (QED) is 0.494. The van der Waals surface area contributed by atoms with Crippen LogP contribution >= 0.6 is 33.9 Å². The third-order valence-corrected chi connectivity index (χ3v) is 5.87. The molecule has 0 atom stereocenters. The minimum Gasteiger partial charge on any atom is -0.452 e. The van der Waals surface area contributed by atoms with Crippen molar-refractivity contribution in [2.75, 3.05) is 32.8 Å². The standard InChI is InChI=1S/C18H17IN2O4S/c19-14-5-2-1-4-13(14)18(24)25-12-16(22)20-7-9-21(10-8-20)17(23)15-6-3-11-26-15/h1-6,11H,7-10,12H2. The topological polar surface area (TPSA) is 66.9 Å². The fourth-order valence-electron chi connectivity index (χ4n) is 2.64. The number of thiophene rings is 1. The van der Waals surface area contributed by atoms with E-state index < -0.39 is 5.97 Å². The second kappa shape index (κ2) is 8.63. The monoisotopic (exact) mass is 484 g/mol. The maximum atomic E-state index is 12.3. The first kappa shape index (κ1) is 18.8. The van der Waals surface area contributed by atoms with Crippen molar-refractivity contribution in [1.82, 2.24) is 9.80 Å². The van der Waals surface area contributed by atoms with E-state index in [1.807, 2.05) is 23.6 Å². The Morgan fingerprint density at radius 1 is 1.00 bits per heavy atom. The van der Waals surface area contributed by atoms with Crippen LogP contribution in [0.4, 0.5) is 0 Å². The average molecular weight is 484 g/mol. The lowest BCUT2D eigenvalue weighted by Gasteiger charge is -2.34. The van der Waals surface area contributed by atoms with Gasteiger partial charge in [-0.05, 0) is 46.2 Å². The van der Waals surface area contributed by atoms with E-state index in [0.29, 0.717) is 36.6 Å². The molecule has 26 heavy (non-hydrogen) atoms. The van der Waals surface area contributed by atoms with Crippen LogP contribution in [0.25, 0.3) is 0 Å². The molecule has 0 N–H and O–H groups in total. The molecule has 1 aromatic carbocycles. The summed E-state index contributed by atoms with van der Waals surface area (Å²) < 4.78 is 5.92. The summed E-state index contributed by atoms with van der Waals surface area (Å²) in [4.78, 5) is 40.7. The lowest BCUT2D eigenvalue weighted by atomic mass is 10.2. The van der Waals surface area contributed by atoms with E-state index in [2.05, 4.69) is 22.6 Å².